The second-order valence-corrected chi connectivity index (χ2v) is 8.46. The quantitative estimate of drug-likeness (QED) is 0.527. The maximum atomic E-state index is 12.3. The molecule has 0 saturated heterocycles. The van der Waals surface area contributed by atoms with Crippen molar-refractivity contribution in [3.63, 3.8) is 0 Å². The predicted molar refractivity (Wildman–Crippen MR) is 96.3 cm³/mol. The first-order valence-corrected chi connectivity index (χ1v) is 10.3. The third-order valence-corrected chi connectivity index (χ3v) is 6.59. The van der Waals surface area contributed by atoms with E-state index < -0.39 is 0 Å². The van der Waals surface area contributed by atoms with Crippen molar-refractivity contribution in [1.29, 1.82) is 0 Å². The van der Waals surface area contributed by atoms with Gasteiger partial charge in [-0.05, 0) is 69.6 Å². The van der Waals surface area contributed by atoms with Crippen LogP contribution in [0.4, 0.5) is 0 Å². The highest BCUT2D eigenvalue weighted by molar-refractivity contribution is 5.76. The molecule has 0 heterocycles. The number of rotatable bonds is 7. The molecular weight excluding hydrogens is 284 g/mol. The third kappa shape index (κ3) is 5.22. The highest BCUT2D eigenvalue weighted by Gasteiger charge is 2.41. The van der Waals surface area contributed by atoms with Crippen molar-refractivity contribution in [1.82, 2.24) is 0 Å². The second kappa shape index (κ2) is 9.08. The van der Waals surface area contributed by atoms with Gasteiger partial charge >= 0.3 is 5.97 Å². The molecule has 2 aliphatic rings. The van der Waals surface area contributed by atoms with E-state index in [4.69, 9.17) is 4.74 Å². The predicted octanol–water partition coefficient (Wildman–Crippen LogP) is 6.13. The molecule has 2 aliphatic carbocycles. The topological polar surface area (TPSA) is 26.3 Å². The monoisotopic (exact) mass is 322 g/mol. The standard InChI is InChI=1S/C21H38O2/c1-4-6-7-17-8-10-18(11-9-17)19-12-14-21(3,15-13-19)20(22)23-16-5-2/h17-19H,4-16H2,1-3H3. The normalized spacial score (nSPS) is 35.0. The Bertz CT molecular complexity index is 347. The zero-order valence-electron chi connectivity index (χ0n) is 15.7. The van der Waals surface area contributed by atoms with Gasteiger partial charge in [-0.15, -0.1) is 0 Å². The lowest BCUT2D eigenvalue weighted by Crippen LogP contribution is -2.36. The first-order chi connectivity index (χ1) is 11.1. The van der Waals surface area contributed by atoms with Crippen LogP contribution < -0.4 is 0 Å². The maximum Gasteiger partial charge on any atom is 0.311 e. The van der Waals surface area contributed by atoms with Gasteiger partial charge < -0.3 is 4.74 Å². The van der Waals surface area contributed by atoms with Crippen LogP contribution in [-0.2, 0) is 9.53 Å². The summed E-state index contributed by atoms with van der Waals surface area (Å²) in [5.41, 5.74) is -0.204. The van der Waals surface area contributed by atoms with E-state index in [1.165, 1.54) is 57.8 Å². The van der Waals surface area contributed by atoms with E-state index in [0.29, 0.717) is 6.61 Å². The number of carbonyl (C=O) groups excluding carboxylic acids is 1. The Morgan fingerprint density at radius 1 is 0.957 bits per heavy atom. The second-order valence-electron chi connectivity index (χ2n) is 8.46. The Morgan fingerprint density at radius 3 is 2.13 bits per heavy atom. The van der Waals surface area contributed by atoms with Crippen molar-refractivity contribution >= 4 is 5.97 Å². The van der Waals surface area contributed by atoms with Crippen LogP contribution in [0.15, 0.2) is 0 Å². The molecule has 23 heavy (non-hydrogen) atoms. The summed E-state index contributed by atoms with van der Waals surface area (Å²) < 4.78 is 5.43. The van der Waals surface area contributed by atoms with Crippen molar-refractivity contribution in [3.8, 4) is 0 Å². The molecule has 0 aromatic carbocycles. The molecule has 0 radical (unpaired) electrons. The molecule has 134 valence electrons. The van der Waals surface area contributed by atoms with E-state index >= 15 is 0 Å². The summed E-state index contributed by atoms with van der Waals surface area (Å²) in [6, 6.07) is 0. The molecule has 0 amide bonds. The number of hydrogen-bond donors (Lipinski definition) is 0. The van der Waals surface area contributed by atoms with E-state index in [1.807, 2.05) is 0 Å². The molecule has 0 aromatic heterocycles. The van der Waals surface area contributed by atoms with Crippen LogP contribution in [0.5, 0.6) is 0 Å². The molecule has 2 rings (SSSR count). The molecule has 0 bridgehead atoms. The fraction of sp³-hybridized carbons (Fsp3) is 0.952. The minimum atomic E-state index is -0.204. The van der Waals surface area contributed by atoms with Gasteiger partial charge in [0.2, 0.25) is 0 Å². The van der Waals surface area contributed by atoms with Crippen molar-refractivity contribution in [2.45, 2.75) is 97.8 Å². The van der Waals surface area contributed by atoms with Crippen LogP contribution >= 0.6 is 0 Å². The highest BCUT2D eigenvalue weighted by atomic mass is 16.5. The molecule has 0 spiro atoms. The van der Waals surface area contributed by atoms with Gasteiger partial charge in [0.05, 0.1) is 12.0 Å². The Balaban J connectivity index is 1.73. The molecule has 0 aromatic rings. The molecule has 2 heteroatoms. The largest absolute Gasteiger partial charge is 0.465 e. The van der Waals surface area contributed by atoms with Crippen LogP contribution in [0.2, 0.25) is 0 Å². The van der Waals surface area contributed by atoms with Gasteiger partial charge in [-0.3, -0.25) is 4.79 Å². The minimum absolute atomic E-state index is 0.0565. The lowest BCUT2D eigenvalue weighted by atomic mass is 9.65. The lowest BCUT2D eigenvalue weighted by molar-refractivity contribution is -0.157. The summed E-state index contributed by atoms with van der Waals surface area (Å²) in [5, 5.41) is 0. The minimum Gasteiger partial charge on any atom is -0.465 e. The summed E-state index contributed by atoms with van der Waals surface area (Å²) in [5.74, 6) is 2.86. The number of esters is 1. The molecule has 0 unspecified atom stereocenters. The maximum absolute atomic E-state index is 12.3. The van der Waals surface area contributed by atoms with E-state index in [2.05, 4.69) is 20.8 Å². The van der Waals surface area contributed by atoms with E-state index in [0.717, 1.165) is 37.0 Å². The van der Waals surface area contributed by atoms with E-state index in [9.17, 15) is 4.79 Å². The molecule has 0 N–H and O–H groups in total. The Kier molecular flexibility index (Phi) is 7.43. The number of ether oxygens (including phenoxy) is 1. The van der Waals surface area contributed by atoms with Gasteiger partial charge in [-0.2, -0.15) is 0 Å². The van der Waals surface area contributed by atoms with Gasteiger partial charge in [-0.25, -0.2) is 0 Å². The van der Waals surface area contributed by atoms with Crippen molar-refractivity contribution in [2.24, 2.45) is 23.2 Å². The molecule has 2 nitrogen and oxygen atoms in total. The summed E-state index contributed by atoms with van der Waals surface area (Å²) in [7, 11) is 0. The third-order valence-electron chi connectivity index (χ3n) is 6.59. The average molecular weight is 323 g/mol. The number of hydrogen-bond acceptors (Lipinski definition) is 2. The van der Waals surface area contributed by atoms with Crippen LogP contribution in [0, 0.1) is 23.2 Å². The lowest BCUT2D eigenvalue weighted by Gasteiger charge is -2.41. The van der Waals surface area contributed by atoms with E-state index in [-0.39, 0.29) is 11.4 Å². The Morgan fingerprint density at radius 2 is 1.57 bits per heavy atom. The fourth-order valence-corrected chi connectivity index (χ4v) is 4.76. The molecule has 2 fully saturated rings. The Hall–Kier alpha value is -0.530. The zero-order chi connectivity index (χ0) is 16.7. The summed E-state index contributed by atoms with van der Waals surface area (Å²) in [6.07, 6.45) is 15.5. The van der Waals surface area contributed by atoms with Crippen molar-refractivity contribution in [3.05, 3.63) is 0 Å². The molecule has 0 aliphatic heterocycles. The van der Waals surface area contributed by atoms with Gasteiger partial charge in [0, 0.05) is 0 Å². The summed E-state index contributed by atoms with van der Waals surface area (Å²) >= 11 is 0. The number of unbranched alkanes of at least 4 members (excludes halogenated alkanes) is 1. The first-order valence-electron chi connectivity index (χ1n) is 10.3. The Labute approximate surface area is 143 Å². The highest BCUT2D eigenvalue weighted by Crippen LogP contribution is 2.46. The van der Waals surface area contributed by atoms with Crippen LogP contribution in [0.1, 0.15) is 97.8 Å². The fourth-order valence-electron chi connectivity index (χ4n) is 4.76. The SMILES string of the molecule is CCCCC1CCC(C2CCC(C)(C(=O)OCCC)CC2)CC1. The molecular formula is C21H38O2. The average Bonchev–Trinajstić information content (AvgIpc) is 2.59. The van der Waals surface area contributed by atoms with Gasteiger partial charge in [-0.1, -0.05) is 46.0 Å². The molecule has 2 saturated carbocycles. The number of carbonyl (C=O) groups is 1. The van der Waals surface area contributed by atoms with Crippen LogP contribution in [-0.4, -0.2) is 12.6 Å². The summed E-state index contributed by atoms with van der Waals surface area (Å²) in [6.45, 7) is 7.07. The van der Waals surface area contributed by atoms with Gasteiger partial charge in [0.1, 0.15) is 0 Å². The summed E-state index contributed by atoms with van der Waals surface area (Å²) in [4.78, 5) is 12.3. The van der Waals surface area contributed by atoms with Crippen molar-refractivity contribution < 1.29 is 9.53 Å². The van der Waals surface area contributed by atoms with Crippen LogP contribution in [0.25, 0.3) is 0 Å². The molecule has 0 atom stereocenters. The smallest absolute Gasteiger partial charge is 0.311 e. The van der Waals surface area contributed by atoms with Gasteiger partial charge in [0.15, 0.2) is 0 Å². The van der Waals surface area contributed by atoms with Crippen LogP contribution in [0.3, 0.4) is 0 Å². The zero-order valence-corrected chi connectivity index (χ0v) is 15.7. The van der Waals surface area contributed by atoms with Gasteiger partial charge in [0.25, 0.3) is 0 Å². The van der Waals surface area contributed by atoms with Crippen molar-refractivity contribution in [2.75, 3.05) is 6.61 Å². The van der Waals surface area contributed by atoms with E-state index in [1.54, 1.807) is 0 Å². The first kappa shape index (κ1) is 18.8.